The SMILES string of the molecule is COc1ccccc1-c1nc(CNC2(c3ccc(Cl)cc3)CCCC2)cs1. The summed E-state index contributed by atoms with van der Waals surface area (Å²) in [6.07, 6.45) is 4.80. The van der Waals surface area contributed by atoms with E-state index < -0.39 is 0 Å². The second-order valence-corrected chi connectivity index (χ2v) is 8.29. The molecule has 27 heavy (non-hydrogen) atoms. The number of thiazole rings is 1. The number of aromatic nitrogens is 1. The van der Waals surface area contributed by atoms with Crippen molar-refractivity contribution in [3.05, 3.63) is 70.2 Å². The number of halogens is 1. The van der Waals surface area contributed by atoms with Crippen molar-refractivity contribution in [2.45, 2.75) is 37.8 Å². The molecule has 1 aromatic heterocycles. The normalized spacial score (nSPS) is 15.8. The van der Waals surface area contributed by atoms with E-state index >= 15 is 0 Å². The molecule has 0 amide bonds. The fraction of sp³-hybridized carbons (Fsp3) is 0.318. The van der Waals surface area contributed by atoms with Crippen molar-refractivity contribution in [1.29, 1.82) is 0 Å². The topological polar surface area (TPSA) is 34.1 Å². The molecule has 0 radical (unpaired) electrons. The third-order valence-corrected chi connectivity index (χ3v) is 6.53. The Bertz CT molecular complexity index is 901. The first kappa shape index (κ1) is 18.5. The third-order valence-electron chi connectivity index (χ3n) is 5.35. The minimum atomic E-state index is 0.0266. The molecular weight excluding hydrogens is 376 g/mol. The van der Waals surface area contributed by atoms with Gasteiger partial charge in [-0.05, 0) is 42.7 Å². The van der Waals surface area contributed by atoms with Gasteiger partial charge in [-0.3, -0.25) is 0 Å². The summed E-state index contributed by atoms with van der Waals surface area (Å²) in [5, 5.41) is 7.73. The van der Waals surface area contributed by atoms with Gasteiger partial charge in [0.05, 0.1) is 18.4 Å². The van der Waals surface area contributed by atoms with E-state index in [-0.39, 0.29) is 5.54 Å². The first-order valence-electron chi connectivity index (χ1n) is 9.29. The van der Waals surface area contributed by atoms with Crippen LogP contribution in [0, 0.1) is 0 Å². The van der Waals surface area contributed by atoms with Crippen LogP contribution in [0.15, 0.2) is 53.9 Å². The number of hydrogen-bond acceptors (Lipinski definition) is 4. The summed E-state index contributed by atoms with van der Waals surface area (Å²) in [5.74, 6) is 0.861. The van der Waals surface area contributed by atoms with Crippen molar-refractivity contribution < 1.29 is 4.74 Å². The zero-order chi connectivity index (χ0) is 18.7. The van der Waals surface area contributed by atoms with Crippen LogP contribution in [-0.4, -0.2) is 12.1 Å². The monoisotopic (exact) mass is 398 g/mol. The molecule has 0 atom stereocenters. The molecule has 140 valence electrons. The highest BCUT2D eigenvalue weighted by Crippen LogP contribution is 2.39. The van der Waals surface area contributed by atoms with Gasteiger partial charge in [0.15, 0.2) is 0 Å². The van der Waals surface area contributed by atoms with E-state index in [2.05, 4.69) is 28.9 Å². The quantitative estimate of drug-likeness (QED) is 0.550. The average Bonchev–Trinajstić information content (AvgIpc) is 3.37. The van der Waals surface area contributed by atoms with E-state index in [0.717, 1.165) is 46.4 Å². The van der Waals surface area contributed by atoms with Gasteiger partial charge in [-0.2, -0.15) is 0 Å². The second-order valence-electron chi connectivity index (χ2n) is 6.99. The van der Waals surface area contributed by atoms with Crippen LogP contribution in [0.3, 0.4) is 0 Å². The summed E-state index contributed by atoms with van der Waals surface area (Å²) in [4.78, 5) is 4.84. The summed E-state index contributed by atoms with van der Waals surface area (Å²) in [7, 11) is 1.70. The van der Waals surface area contributed by atoms with Crippen LogP contribution >= 0.6 is 22.9 Å². The second kappa shape index (κ2) is 8.01. The number of nitrogens with zero attached hydrogens (tertiary/aromatic N) is 1. The highest BCUT2D eigenvalue weighted by molar-refractivity contribution is 7.13. The smallest absolute Gasteiger partial charge is 0.129 e. The number of para-hydroxylation sites is 1. The number of hydrogen-bond donors (Lipinski definition) is 1. The van der Waals surface area contributed by atoms with E-state index in [9.17, 15) is 0 Å². The Kier molecular flexibility index (Phi) is 5.48. The van der Waals surface area contributed by atoms with E-state index in [0.29, 0.717) is 0 Å². The van der Waals surface area contributed by atoms with Crippen LogP contribution in [-0.2, 0) is 12.1 Å². The minimum Gasteiger partial charge on any atom is -0.496 e. The van der Waals surface area contributed by atoms with Gasteiger partial charge in [-0.1, -0.05) is 48.7 Å². The van der Waals surface area contributed by atoms with Crippen molar-refractivity contribution in [2.24, 2.45) is 0 Å². The molecule has 1 heterocycles. The largest absolute Gasteiger partial charge is 0.496 e. The fourth-order valence-corrected chi connectivity index (χ4v) is 4.88. The maximum Gasteiger partial charge on any atom is 0.129 e. The summed E-state index contributed by atoms with van der Waals surface area (Å²) in [6.45, 7) is 0.758. The number of benzene rings is 2. The van der Waals surface area contributed by atoms with E-state index in [1.165, 1.54) is 18.4 Å². The Balaban J connectivity index is 1.52. The van der Waals surface area contributed by atoms with Crippen LogP contribution in [0.4, 0.5) is 0 Å². The predicted octanol–water partition coefficient (Wildman–Crippen LogP) is 6.03. The molecule has 1 N–H and O–H groups in total. The highest BCUT2D eigenvalue weighted by atomic mass is 35.5. The third kappa shape index (κ3) is 3.88. The maximum absolute atomic E-state index is 6.08. The van der Waals surface area contributed by atoms with Crippen LogP contribution in [0.5, 0.6) is 5.75 Å². The zero-order valence-electron chi connectivity index (χ0n) is 15.4. The van der Waals surface area contributed by atoms with E-state index in [1.807, 2.05) is 30.3 Å². The first-order valence-corrected chi connectivity index (χ1v) is 10.5. The molecular formula is C22H23ClN2OS. The molecule has 5 heteroatoms. The van der Waals surface area contributed by atoms with Crippen molar-refractivity contribution in [1.82, 2.24) is 10.3 Å². The van der Waals surface area contributed by atoms with Crippen molar-refractivity contribution >= 4 is 22.9 Å². The van der Waals surface area contributed by atoms with Gasteiger partial charge in [0.1, 0.15) is 10.8 Å². The first-order chi connectivity index (χ1) is 13.2. The summed E-state index contributed by atoms with van der Waals surface area (Å²) >= 11 is 7.75. The summed E-state index contributed by atoms with van der Waals surface area (Å²) in [6, 6.07) is 16.3. The highest BCUT2D eigenvalue weighted by Gasteiger charge is 2.35. The zero-order valence-corrected chi connectivity index (χ0v) is 16.9. The Hall–Kier alpha value is -1.88. The van der Waals surface area contributed by atoms with Crippen LogP contribution in [0.25, 0.3) is 10.6 Å². The Morgan fingerprint density at radius 2 is 1.85 bits per heavy atom. The minimum absolute atomic E-state index is 0.0266. The fourth-order valence-electron chi connectivity index (χ4n) is 3.91. The molecule has 0 saturated heterocycles. The van der Waals surface area contributed by atoms with Gasteiger partial charge < -0.3 is 10.1 Å². The summed E-state index contributed by atoms with van der Waals surface area (Å²) < 4.78 is 5.47. The number of ether oxygens (including phenoxy) is 1. The van der Waals surface area contributed by atoms with E-state index in [1.54, 1.807) is 18.4 Å². The van der Waals surface area contributed by atoms with Gasteiger partial charge in [0, 0.05) is 22.5 Å². The van der Waals surface area contributed by atoms with Crippen molar-refractivity contribution in [3.8, 4) is 16.3 Å². The lowest BCUT2D eigenvalue weighted by molar-refractivity contribution is 0.337. The standard InChI is InChI=1S/C22H23ClN2OS/c1-26-20-7-3-2-6-19(20)21-25-18(15-27-21)14-24-22(12-4-5-13-22)16-8-10-17(23)11-9-16/h2-3,6-11,15,24H,4-5,12-14H2,1H3. The number of rotatable bonds is 6. The molecule has 3 nitrogen and oxygen atoms in total. The molecule has 4 rings (SSSR count). The molecule has 3 aromatic rings. The average molecular weight is 399 g/mol. The predicted molar refractivity (Wildman–Crippen MR) is 113 cm³/mol. The molecule has 1 saturated carbocycles. The van der Waals surface area contributed by atoms with Crippen molar-refractivity contribution in [3.63, 3.8) is 0 Å². The van der Waals surface area contributed by atoms with Gasteiger partial charge in [0.25, 0.3) is 0 Å². The number of methoxy groups -OCH3 is 1. The van der Waals surface area contributed by atoms with Gasteiger partial charge in [-0.15, -0.1) is 11.3 Å². The lowest BCUT2D eigenvalue weighted by Crippen LogP contribution is -2.39. The lowest BCUT2D eigenvalue weighted by Gasteiger charge is -2.31. The van der Waals surface area contributed by atoms with Gasteiger partial charge >= 0.3 is 0 Å². The Morgan fingerprint density at radius 1 is 1.11 bits per heavy atom. The molecule has 1 aliphatic carbocycles. The molecule has 1 aliphatic rings. The molecule has 0 unspecified atom stereocenters. The molecule has 1 fully saturated rings. The van der Waals surface area contributed by atoms with Crippen LogP contribution in [0.2, 0.25) is 5.02 Å². The molecule has 0 aliphatic heterocycles. The molecule has 0 spiro atoms. The summed E-state index contributed by atoms with van der Waals surface area (Å²) in [5.41, 5.74) is 3.47. The van der Waals surface area contributed by atoms with Gasteiger partial charge in [0.2, 0.25) is 0 Å². The van der Waals surface area contributed by atoms with Gasteiger partial charge in [-0.25, -0.2) is 4.98 Å². The molecule has 2 aromatic carbocycles. The number of nitrogens with one attached hydrogen (secondary N) is 1. The van der Waals surface area contributed by atoms with E-state index in [4.69, 9.17) is 21.3 Å². The van der Waals surface area contributed by atoms with Crippen LogP contribution < -0.4 is 10.1 Å². The van der Waals surface area contributed by atoms with Crippen molar-refractivity contribution in [2.75, 3.05) is 7.11 Å². The Morgan fingerprint density at radius 3 is 2.59 bits per heavy atom. The van der Waals surface area contributed by atoms with Crippen LogP contribution in [0.1, 0.15) is 36.9 Å². The maximum atomic E-state index is 6.08. The molecule has 0 bridgehead atoms. The Labute approximate surface area is 169 Å². The lowest BCUT2D eigenvalue weighted by atomic mass is 9.88.